The van der Waals surface area contributed by atoms with E-state index in [1.165, 1.54) is 29.3 Å². The molecular formula is C17H18N4O5S. The lowest BCUT2D eigenvalue weighted by molar-refractivity contribution is -0.385. The molecule has 0 bridgehead atoms. The number of benzene rings is 2. The molecule has 10 heteroatoms. The third-order valence-electron chi connectivity index (χ3n) is 4.12. The van der Waals surface area contributed by atoms with Crippen molar-refractivity contribution in [3.8, 4) is 0 Å². The fourth-order valence-corrected chi connectivity index (χ4v) is 4.18. The van der Waals surface area contributed by atoms with Crippen LogP contribution in [0, 0.1) is 10.1 Å². The zero-order valence-corrected chi connectivity index (χ0v) is 15.1. The molecule has 0 amide bonds. The Morgan fingerprint density at radius 2 is 1.74 bits per heavy atom. The van der Waals surface area contributed by atoms with Gasteiger partial charge in [-0.25, -0.2) is 13.4 Å². The van der Waals surface area contributed by atoms with Crippen LogP contribution in [0.2, 0.25) is 0 Å². The molecule has 0 saturated carbocycles. The van der Waals surface area contributed by atoms with E-state index in [0.29, 0.717) is 26.2 Å². The van der Waals surface area contributed by atoms with Crippen LogP contribution < -0.4 is 10.1 Å². The van der Waals surface area contributed by atoms with E-state index in [4.69, 9.17) is 0 Å². The number of piperazine rings is 1. The molecule has 2 N–H and O–H groups in total. The predicted molar refractivity (Wildman–Crippen MR) is 97.7 cm³/mol. The first kappa shape index (κ1) is 19.1. The first-order valence-electron chi connectivity index (χ1n) is 8.25. The second-order valence-electron chi connectivity index (χ2n) is 5.93. The van der Waals surface area contributed by atoms with Crippen LogP contribution in [0.15, 0.2) is 53.4 Å². The molecule has 1 saturated heterocycles. The van der Waals surface area contributed by atoms with Crippen LogP contribution >= 0.6 is 0 Å². The third-order valence-corrected chi connectivity index (χ3v) is 5.54. The standard InChI is InChI=1S/C17H18N4O5S/c22-17(13-5-2-1-3-6-13)16-14(21(23)24)7-4-8-15(16)27(25,26)19-20-11-9-18-10-12-20/h1-8,18-19H,9-12H2. The fourth-order valence-electron chi connectivity index (χ4n) is 2.83. The monoisotopic (exact) mass is 390 g/mol. The normalized spacial score (nSPS) is 15.4. The molecular weight excluding hydrogens is 372 g/mol. The van der Waals surface area contributed by atoms with Crippen LogP contribution in [0.1, 0.15) is 15.9 Å². The Morgan fingerprint density at radius 3 is 2.37 bits per heavy atom. The van der Waals surface area contributed by atoms with E-state index in [2.05, 4.69) is 10.1 Å². The van der Waals surface area contributed by atoms with E-state index in [1.54, 1.807) is 18.2 Å². The Labute approximate surface area is 156 Å². The lowest BCUT2D eigenvalue weighted by atomic mass is 10.0. The van der Waals surface area contributed by atoms with Crippen LogP contribution in [0.4, 0.5) is 5.69 Å². The van der Waals surface area contributed by atoms with Gasteiger partial charge in [-0.15, -0.1) is 4.83 Å². The topological polar surface area (TPSA) is 122 Å². The molecule has 0 radical (unpaired) electrons. The highest BCUT2D eigenvalue weighted by molar-refractivity contribution is 7.89. The zero-order valence-electron chi connectivity index (χ0n) is 14.3. The van der Waals surface area contributed by atoms with Gasteiger partial charge < -0.3 is 5.32 Å². The smallest absolute Gasteiger partial charge is 0.281 e. The second kappa shape index (κ2) is 7.92. The maximum absolute atomic E-state index is 12.9. The summed E-state index contributed by atoms with van der Waals surface area (Å²) in [6.07, 6.45) is 0. The van der Waals surface area contributed by atoms with Crippen LogP contribution in [0.3, 0.4) is 0 Å². The van der Waals surface area contributed by atoms with Crippen LogP contribution in [0.25, 0.3) is 0 Å². The second-order valence-corrected chi connectivity index (χ2v) is 7.56. The number of sulfonamides is 1. The van der Waals surface area contributed by atoms with E-state index < -0.39 is 36.9 Å². The Bertz CT molecular complexity index is 957. The van der Waals surface area contributed by atoms with Gasteiger partial charge in [0.1, 0.15) is 10.5 Å². The number of nitrogens with zero attached hydrogens (tertiary/aromatic N) is 2. The minimum atomic E-state index is -4.18. The molecule has 2 aromatic rings. The van der Waals surface area contributed by atoms with Gasteiger partial charge in [-0.05, 0) is 6.07 Å². The number of ketones is 1. The molecule has 0 atom stereocenters. The van der Waals surface area contributed by atoms with Gasteiger partial charge in [0.15, 0.2) is 0 Å². The van der Waals surface area contributed by atoms with Gasteiger partial charge in [-0.1, -0.05) is 36.4 Å². The molecule has 1 aliphatic heterocycles. The summed E-state index contributed by atoms with van der Waals surface area (Å²) < 4.78 is 25.8. The van der Waals surface area contributed by atoms with Gasteiger partial charge in [-0.3, -0.25) is 14.9 Å². The lowest BCUT2D eigenvalue weighted by Gasteiger charge is -2.27. The molecule has 9 nitrogen and oxygen atoms in total. The average molecular weight is 390 g/mol. The maximum Gasteiger partial charge on any atom is 0.281 e. The Morgan fingerprint density at radius 1 is 1.07 bits per heavy atom. The Kier molecular flexibility index (Phi) is 5.61. The number of carbonyl (C=O) groups is 1. The quantitative estimate of drug-likeness (QED) is 0.427. The molecule has 1 aliphatic rings. The average Bonchev–Trinajstić information content (AvgIpc) is 2.68. The number of nitro benzene ring substituents is 1. The van der Waals surface area contributed by atoms with Gasteiger partial charge in [0.25, 0.3) is 15.7 Å². The maximum atomic E-state index is 12.9. The summed E-state index contributed by atoms with van der Waals surface area (Å²) in [5.74, 6) is -0.719. The first-order chi connectivity index (χ1) is 12.9. The summed E-state index contributed by atoms with van der Waals surface area (Å²) in [7, 11) is -4.18. The predicted octanol–water partition coefficient (Wildman–Crippen LogP) is 0.924. The summed E-state index contributed by atoms with van der Waals surface area (Å²) in [4.78, 5) is 25.6. The molecule has 1 fully saturated rings. The number of hydrogen-bond donors (Lipinski definition) is 2. The highest BCUT2D eigenvalue weighted by atomic mass is 32.2. The number of nitro groups is 1. The summed E-state index contributed by atoms with van der Waals surface area (Å²) >= 11 is 0. The van der Waals surface area contributed by atoms with Crippen molar-refractivity contribution >= 4 is 21.5 Å². The number of hydrazine groups is 1. The van der Waals surface area contributed by atoms with E-state index in [-0.39, 0.29) is 5.56 Å². The Hall–Kier alpha value is -2.66. The fraction of sp³-hybridized carbons (Fsp3) is 0.235. The number of hydrogen-bond acceptors (Lipinski definition) is 7. The van der Waals surface area contributed by atoms with Crippen molar-refractivity contribution in [2.45, 2.75) is 4.90 Å². The third kappa shape index (κ3) is 4.19. The largest absolute Gasteiger partial charge is 0.314 e. The number of nitrogens with one attached hydrogen (secondary N) is 2. The van der Waals surface area contributed by atoms with E-state index in [9.17, 15) is 23.3 Å². The van der Waals surface area contributed by atoms with Crippen molar-refractivity contribution in [3.63, 3.8) is 0 Å². The number of carbonyl (C=O) groups excluding carboxylic acids is 1. The molecule has 1 heterocycles. The minimum absolute atomic E-state index is 0.172. The van der Waals surface area contributed by atoms with Crippen molar-refractivity contribution in [3.05, 3.63) is 69.8 Å². The minimum Gasteiger partial charge on any atom is -0.314 e. The van der Waals surface area contributed by atoms with Crippen molar-refractivity contribution < 1.29 is 18.1 Å². The molecule has 142 valence electrons. The van der Waals surface area contributed by atoms with Gasteiger partial charge in [0.05, 0.1) is 4.92 Å². The van der Waals surface area contributed by atoms with E-state index in [0.717, 1.165) is 6.07 Å². The molecule has 3 rings (SSSR count). The molecule has 0 spiro atoms. The molecule has 0 aromatic heterocycles. The molecule has 0 aliphatic carbocycles. The van der Waals surface area contributed by atoms with E-state index >= 15 is 0 Å². The highest BCUT2D eigenvalue weighted by Gasteiger charge is 2.32. The van der Waals surface area contributed by atoms with Crippen LogP contribution in [-0.2, 0) is 10.0 Å². The first-order valence-corrected chi connectivity index (χ1v) is 9.74. The molecule has 0 unspecified atom stereocenters. The van der Waals surface area contributed by atoms with Crippen molar-refractivity contribution in [1.29, 1.82) is 0 Å². The van der Waals surface area contributed by atoms with Crippen molar-refractivity contribution in [2.24, 2.45) is 0 Å². The number of rotatable bonds is 6. The zero-order chi connectivity index (χ0) is 19.4. The molecule has 27 heavy (non-hydrogen) atoms. The molecule has 2 aromatic carbocycles. The summed E-state index contributed by atoms with van der Waals surface area (Å²) in [6.45, 7) is 2.09. The van der Waals surface area contributed by atoms with Crippen LogP contribution in [0.5, 0.6) is 0 Å². The van der Waals surface area contributed by atoms with Crippen molar-refractivity contribution in [1.82, 2.24) is 15.2 Å². The summed E-state index contributed by atoms with van der Waals surface area (Å²) in [5, 5.41) is 16.0. The van der Waals surface area contributed by atoms with Crippen molar-refractivity contribution in [2.75, 3.05) is 26.2 Å². The van der Waals surface area contributed by atoms with Crippen LogP contribution in [-0.4, -0.2) is 50.3 Å². The van der Waals surface area contributed by atoms with Gasteiger partial charge >= 0.3 is 0 Å². The highest BCUT2D eigenvalue weighted by Crippen LogP contribution is 2.28. The lowest BCUT2D eigenvalue weighted by Crippen LogP contribution is -2.52. The summed E-state index contributed by atoms with van der Waals surface area (Å²) in [5.41, 5.74) is -0.825. The summed E-state index contributed by atoms with van der Waals surface area (Å²) in [6, 6.07) is 11.5. The Balaban J connectivity index is 2.08. The van der Waals surface area contributed by atoms with Gasteiger partial charge in [0, 0.05) is 37.8 Å². The SMILES string of the molecule is O=C(c1ccccc1)c1c([N+](=O)[O-])cccc1S(=O)(=O)NN1CCNCC1. The van der Waals surface area contributed by atoms with Gasteiger partial charge in [0.2, 0.25) is 5.78 Å². The van der Waals surface area contributed by atoms with Gasteiger partial charge in [-0.2, -0.15) is 0 Å². The van der Waals surface area contributed by atoms with E-state index in [1.807, 2.05) is 0 Å².